The number of aromatic nitrogens is 1. The maximum atomic E-state index is 6.48. The molecule has 1 aliphatic rings. The van der Waals surface area contributed by atoms with Gasteiger partial charge in [-0.3, -0.25) is 15.6 Å². The van der Waals surface area contributed by atoms with Crippen molar-refractivity contribution < 1.29 is 0 Å². The Hall–Kier alpha value is -1.47. The Balaban J connectivity index is 2.15. The van der Waals surface area contributed by atoms with Gasteiger partial charge in [-0.1, -0.05) is 23.2 Å². The van der Waals surface area contributed by atoms with Crippen molar-refractivity contribution in [3.8, 4) is 0 Å². The van der Waals surface area contributed by atoms with Crippen molar-refractivity contribution in [2.75, 3.05) is 16.9 Å². The van der Waals surface area contributed by atoms with Crippen molar-refractivity contribution in [2.45, 2.75) is 13.2 Å². The maximum absolute atomic E-state index is 6.48. The van der Waals surface area contributed by atoms with E-state index < -0.39 is 6.29 Å². The summed E-state index contributed by atoms with van der Waals surface area (Å²) < 4.78 is 0. The Morgan fingerprint density at radius 2 is 2.00 bits per heavy atom. The molecule has 5 nitrogen and oxygen atoms in total. The quantitative estimate of drug-likeness (QED) is 0.792. The second kappa shape index (κ2) is 6.20. The lowest BCUT2D eigenvalue weighted by atomic mass is 10.1. The topological polar surface area (TPSA) is 80.5 Å². The Morgan fingerprint density at radius 1 is 1.26 bits per heavy atom. The third kappa shape index (κ3) is 2.87. The second-order valence-electron chi connectivity index (χ2n) is 5.08. The number of fused-ring (bicyclic) bond motifs is 1. The average Bonchev–Trinajstić information content (AvgIpc) is 2.47. The minimum absolute atomic E-state index is 0.323. The van der Waals surface area contributed by atoms with Crippen LogP contribution in [0.2, 0.25) is 0 Å². The normalized spacial score (nSPS) is 18.6. The lowest BCUT2D eigenvalue weighted by molar-refractivity contribution is 0.702. The van der Waals surface area contributed by atoms with Gasteiger partial charge in [0.05, 0.1) is 10.4 Å². The summed E-state index contributed by atoms with van der Waals surface area (Å²) in [5.74, 6) is 0. The van der Waals surface area contributed by atoms with Crippen LogP contribution in [-0.4, -0.2) is 22.7 Å². The van der Waals surface area contributed by atoms with E-state index in [1.54, 1.807) is 4.90 Å². The van der Waals surface area contributed by atoms with Crippen LogP contribution in [0.3, 0.4) is 0 Å². The molecular formula is C15H15Cl2N5S. The van der Waals surface area contributed by atoms with E-state index in [0.717, 1.165) is 22.3 Å². The first-order valence-corrected chi connectivity index (χ1v) is 8.79. The molecular weight excluding hydrogens is 353 g/mol. The van der Waals surface area contributed by atoms with Crippen LogP contribution in [-0.2, 0) is 0 Å². The molecule has 0 spiro atoms. The molecule has 0 saturated heterocycles. The van der Waals surface area contributed by atoms with Gasteiger partial charge in [0.25, 0.3) is 0 Å². The number of aliphatic imine (C=N–C) groups is 1. The molecule has 0 aliphatic carbocycles. The third-order valence-electron chi connectivity index (χ3n) is 3.53. The summed E-state index contributed by atoms with van der Waals surface area (Å²) in [6.45, 7) is 1.91. The summed E-state index contributed by atoms with van der Waals surface area (Å²) in [6, 6.07) is 7.53. The van der Waals surface area contributed by atoms with E-state index in [0.29, 0.717) is 20.9 Å². The van der Waals surface area contributed by atoms with Crippen LogP contribution >= 0.6 is 35.0 Å². The molecule has 120 valence electrons. The van der Waals surface area contributed by atoms with Crippen LogP contribution in [0.15, 0.2) is 39.3 Å². The number of hydrogen-bond acceptors (Lipinski definition) is 6. The Bertz CT molecular complexity index is 849. The number of benzene rings is 1. The van der Waals surface area contributed by atoms with E-state index in [4.69, 9.17) is 34.7 Å². The number of rotatable bonds is 2. The molecule has 0 saturated carbocycles. The van der Waals surface area contributed by atoms with Crippen molar-refractivity contribution in [1.29, 1.82) is 0 Å². The van der Waals surface area contributed by atoms with Gasteiger partial charge < -0.3 is 5.73 Å². The summed E-state index contributed by atoms with van der Waals surface area (Å²) >= 11 is 14.0. The highest BCUT2D eigenvalue weighted by Crippen LogP contribution is 2.36. The molecule has 0 radical (unpaired) electrons. The molecule has 0 fully saturated rings. The predicted octanol–water partition coefficient (Wildman–Crippen LogP) is 3.60. The number of nitrogen functional groups attached to an aromatic ring is 1. The second-order valence-corrected chi connectivity index (χ2v) is 6.61. The molecule has 3 rings (SSSR count). The summed E-state index contributed by atoms with van der Waals surface area (Å²) in [5, 5.41) is 1.61. The van der Waals surface area contributed by atoms with Gasteiger partial charge in [-0.2, -0.15) is 0 Å². The fourth-order valence-electron chi connectivity index (χ4n) is 2.51. The van der Waals surface area contributed by atoms with Crippen LogP contribution in [0.1, 0.15) is 5.69 Å². The number of allylic oxidation sites excluding steroid dienone is 1. The van der Waals surface area contributed by atoms with Gasteiger partial charge >= 0.3 is 0 Å². The minimum Gasteiger partial charge on any atom is -0.398 e. The molecule has 1 unspecified atom stereocenters. The monoisotopic (exact) mass is 367 g/mol. The number of anilines is 2. The molecule has 1 aromatic heterocycles. The lowest BCUT2D eigenvalue weighted by Crippen LogP contribution is -2.42. The van der Waals surface area contributed by atoms with Crippen LogP contribution in [0.5, 0.6) is 0 Å². The van der Waals surface area contributed by atoms with Crippen LogP contribution in [0.25, 0.3) is 10.9 Å². The minimum atomic E-state index is -0.692. The number of hydrogen-bond donors (Lipinski definition) is 2. The van der Waals surface area contributed by atoms with E-state index in [9.17, 15) is 0 Å². The van der Waals surface area contributed by atoms with Gasteiger partial charge in [0.2, 0.25) is 0 Å². The van der Waals surface area contributed by atoms with E-state index in [-0.39, 0.29) is 0 Å². The number of thioether (sulfide) groups is 1. The fourth-order valence-corrected chi connectivity index (χ4v) is 3.98. The van der Waals surface area contributed by atoms with E-state index >= 15 is 0 Å². The number of pyridine rings is 1. The van der Waals surface area contributed by atoms with Crippen molar-refractivity contribution >= 4 is 62.4 Å². The lowest BCUT2D eigenvalue weighted by Gasteiger charge is -2.32. The molecule has 1 aromatic carbocycles. The average molecular weight is 368 g/mol. The Labute approximate surface area is 148 Å². The van der Waals surface area contributed by atoms with Gasteiger partial charge in [-0.05, 0) is 37.4 Å². The standard InChI is InChI=1S/C15H15Cl2N5S/c1-7-5-10(18)9-6-8(3-4-11(9)20-7)22-14(17)12(23-2)13(16)21-15(22)19/h3-6,15H,19H2,1-2H3,(H2,18,20). The van der Waals surface area contributed by atoms with Crippen LogP contribution in [0.4, 0.5) is 11.4 Å². The predicted molar refractivity (Wildman–Crippen MR) is 101 cm³/mol. The molecule has 4 N–H and O–H groups in total. The zero-order valence-electron chi connectivity index (χ0n) is 12.5. The first-order valence-electron chi connectivity index (χ1n) is 6.81. The molecule has 0 amide bonds. The highest BCUT2D eigenvalue weighted by Gasteiger charge is 2.27. The largest absolute Gasteiger partial charge is 0.398 e. The van der Waals surface area contributed by atoms with Crippen LogP contribution in [0, 0.1) is 6.92 Å². The zero-order chi connectivity index (χ0) is 16.7. The van der Waals surface area contributed by atoms with Gasteiger partial charge in [0.1, 0.15) is 10.3 Å². The highest BCUT2D eigenvalue weighted by atomic mass is 35.5. The van der Waals surface area contributed by atoms with Crippen molar-refractivity contribution in [3.63, 3.8) is 0 Å². The van der Waals surface area contributed by atoms with E-state index in [1.165, 1.54) is 11.8 Å². The van der Waals surface area contributed by atoms with Gasteiger partial charge in [-0.25, -0.2) is 4.99 Å². The molecule has 0 bridgehead atoms. The van der Waals surface area contributed by atoms with E-state index in [1.807, 2.05) is 37.4 Å². The number of nitrogens with zero attached hydrogens (tertiary/aromatic N) is 3. The summed E-state index contributed by atoms with van der Waals surface area (Å²) in [5.41, 5.74) is 15.3. The van der Waals surface area contributed by atoms with Gasteiger partial charge in [-0.15, -0.1) is 11.8 Å². The smallest absolute Gasteiger partial charge is 0.180 e. The van der Waals surface area contributed by atoms with Crippen molar-refractivity contribution in [2.24, 2.45) is 10.7 Å². The van der Waals surface area contributed by atoms with Crippen LogP contribution < -0.4 is 16.4 Å². The molecule has 1 aliphatic heterocycles. The fraction of sp³-hybridized carbons (Fsp3) is 0.200. The SMILES string of the molecule is CSC1=C(Cl)N(c2ccc3nc(C)cc(N)c3c2)C(N)N=C1Cl. The van der Waals surface area contributed by atoms with Gasteiger partial charge in [0.15, 0.2) is 6.29 Å². The summed E-state index contributed by atoms with van der Waals surface area (Å²) in [7, 11) is 0. The molecule has 2 aromatic rings. The molecule has 1 atom stereocenters. The first kappa shape index (κ1) is 16.4. The van der Waals surface area contributed by atoms with Crippen molar-refractivity contribution in [3.05, 3.63) is 40.0 Å². The number of aryl methyl sites for hydroxylation is 1. The number of halogens is 2. The van der Waals surface area contributed by atoms with Crippen molar-refractivity contribution in [1.82, 2.24) is 4.98 Å². The third-order valence-corrected chi connectivity index (χ3v) is 5.21. The molecule has 8 heteroatoms. The number of nitrogens with two attached hydrogens (primary N) is 2. The Kier molecular flexibility index (Phi) is 4.42. The van der Waals surface area contributed by atoms with E-state index in [2.05, 4.69) is 9.98 Å². The molecule has 2 heterocycles. The zero-order valence-corrected chi connectivity index (χ0v) is 14.9. The first-order chi connectivity index (χ1) is 10.9. The highest BCUT2D eigenvalue weighted by molar-refractivity contribution is 8.03. The summed E-state index contributed by atoms with van der Waals surface area (Å²) in [6.07, 6.45) is 1.19. The Morgan fingerprint density at radius 3 is 2.70 bits per heavy atom. The molecule has 23 heavy (non-hydrogen) atoms. The van der Waals surface area contributed by atoms with Gasteiger partial charge in [0, 0.05) is 22.5 Å². The maximum Gasteiger partial charge on any atom is 0.180 e. The summed E-state index contributed by atoms with van der Waals surface area (Å²) in [4.78, 5) is 11.1.